The summed E-state index contributed by atoms with van der Waals surface area (Å²) in [6.45, 7) is 6.62. The van der Waals surface area contributed by atoms with Crippen molar-refractivity contribution < 1.29 is 4.79 Å². The average molecular weight is 422 g/mol. The summed E-state index contributed by atoms with van der Waals surface area (Å²) < 4.78 is 0. The second-order valence-corrected chi connectivity index (χ2v) is 8.82. The Morgan fingerprint density at radius 2 is 1.87 bits per heavy atom. The number of anilines is 1. The number of nitrogens with zero attached hydrogens (tertiary/aromatic N) is 2. The third-order valence-electron chi connectivity index (χ3n) is 5.92. The summed E-state index contributed by atoms with van der Waals surface area (Å²) in [6.07, 6.45) is 4.36. The zero-order valence-corrected chi connectivity index (χ0v) is 18.6. The molecule has 0 atom stereocenters. The molecule has 0 spiro atoms. The fourth-order valence-corrected chi connectivity index (χ4v) is 4.67. The highest BCUT2D eigenvalue weighted by Gasteiger charge is 2.28. The molecule has 1 aromatic heterocycles. The first-order valence-corrected chi connectivity index (χ1v) is 11.0. The Hall–Kier alpha value is -2.59. The van der Waals surface area contributed by atoms with E-state index in [1.165, 1.54) is 5.56 Å². The molecule has 1 N–H and O–H groups in total. The molecule has 1 fully saturated rings. The molecule has 4 rings (SSSR count). The predicted molar refractivity (Wildman–Crippen MR) is 124 cm³/mol. The van der Waals surface area contributed by atoms with E-state index in [4.69, 9.17) is 11.6 Å². The lowest BCUT2D eigenvalue weighted by atomic mass is 10.0. The molecule has 1 aliphatic carbocycles. The zero-order valence-electron chi connectivity index (χ0n) is 17.8. The second kappa shape index (κ2) is 8.65. The summed E-state index contributed by atoms with van der Waals surface area (Å²) >= 11 is 6.58. The first-order valence-electron chi connectivity index (χ1n) is 10.6. The van der Waals surface area contributed by atoms with Gasteiger partial charge in [-0.25, -0.2) is 9.78 Å². The topological polar surface area (TPSA) is 45.2 Å². The zero-order chi connectivity index (χ0) is 21.3. The third kappa shape index (κ3) is 4.44. The van der Waals surface area contributed by atoms with Gasteiger partial charge in [0.2, 0.25) is 0 Å². The quantitative estimate of drug-likeness (QED) is 0.471. The van der Waals surface area contributed by atoms with Crippen LogP contribution in [0, 0.1) is 20.8 Å². The van der Waals surface area contributed by atoms with E-state index >= 15 is 0 Å². The predicted octanol–water partition coefficient (Wildman–Crippen LogP) is 6.79. The fraction of sp³-hybridized carbons (Fsp3) is 0.360. The standard InChI is InChI=1S/C25H28ClN3O/c1-16-7-6-8-21(13-16)27-25(30)29(22-9-4-5-10-22)15-20-14-19-12-17(2)11-18(3)23(19)28-24(20)26/h6-8,11-14,22H,4-5,9-10,15H2,1-3H3,(H,27,30). The number of aromatic nitrogens is 1. The first kappa shape index (κ1) is 20.7. The summed E-state index contributed by atoms with van der Waals surface area (Å²) in [5.74, 6) is 0. The Morgan fingerprint density at radius 1 is 1.10 bits per heavy atom. The van der Waals surface area contributed by atoms with Crippen molar-refractivity contribution >= 4 is 34.2 Å². The average Bonchev–Trinajstić information content (AvgIpc) is 3.21. The van der Waals surface area contributed by atoms with Crippen LogP contribution >= 0.6 is 11.6 Å². The van der Waals surface area contributed by atoms with E-state index in [2.05, 4.69) is 42.3 Å². The highest BCUT2D eigenvalue weighted by molar-refractivity contribution is 6.30. The molecule has 0 bridgehead atoms. The monoisotopic (exact) mass is 421 g/mol. The van der Waals surface area contributed by atoms with Gasteiger partial charge in [-0.05, 0) is 69.0 Å². The van der Waals surface area contributed by atoms with E-state index in [0.717, 1.165) is 59.0 Å². The molecule has 2 aromatic carbocycles. The van der Waals surface area contributed by atoms with Crippen molar-refractivity contribution in [2.24, 2.45) is 0 Å². The van der Waals surface area contributed by atoms with Gasteiger partial charge in [0.15, 0.2) is 0 Å². The van der Waals surface area contributed by atoms with Crippen molar-refractivity contribution in [3.05, 3.63) is 69.9 Å². The number of nitrogens with one attached hydrogen (secondary N) is 1. The highest BCUT2D eigenvalue weighted by atomic mass is 35.5. The summed E-state index contributed by atoms with van der Waals surface area (Å²) in [5, 5.41) is 4.62. The molecule has 0 saturated heterocycles. The second-order valence-electron chi connectivity index (χ2n) is 8.46. The van der Waals surface area contributed by atoms with Crippen LogP contribution in [0.25, 0.3) is 10.9 Å². The summed E-state index contributed by atoms with van der Waals surface area (Å²) in [7, 11) is 0. The van der Waals surface area contributed by atoms with Crippen molar-refractivity contribution in [3.8, 4) is 0 Å². The summed E-state index contributed by atoms with van der Waals surface area (Å²) in [5.41, 5.74) is 6.05. The number of urea groups is 1. The van der Waals surface area contributed by atoms with E-state index in [1.54, 1.807) is 0 Å². The largest absolute Gasteiger partial charge is 0.322 e. The molecular formula is C25H28ClN3O. The number of carbonyl (C=O) groups excluding carboxylic acids is 1. The van der Waals surface area contributed by atoms with Gasteiger partial charge in [-0.1, -0.05) is 48.2 Å². The van der Waals surface area contributed by atoms with Gasteiger partial charge in [0.05, 0.1) is 12.1 Å². The van der Waals surface area contributed by atoms with Crippen LogP contribution in [0.4, 0.5) is 10.5 Å². The Labute approximate surface area is 183 Å². The number of aryl methyl sites for hydroxylation is 3. The van der Waals surface area contributed by atoms with E-state index in [-0.39, 0.29) is 12.1 Å². The van der Waals surface area contributed by atoms with E-state index in [9.17, 15) is 4.79 Å². The van der Waals surface area contributed by atoms with Gasteiger partial charge in [-0.3, -0.25) is 0 Å². The minimum absolute atomic E-state index is 0.0795. The van der Waals surface area contributed by atoms with Crippen molar-refractivity contribution in [1.82, 2.24) is 9.88 Å². The van der Waals surface area contributed by atoms with Crippen LogP contribution in [0.2, 0.25) is 5.15 Å². The number of rotatable bonds is 4. The van der Waals surface area contributed by atoms with Crippen LogP contribution in [0.3, 0.4) is 0 Å². The maximum Gasteiger partial charge on any atom is 0.322 e. The molecule has 5 heteroatoms. The van der Waals surface area contributed by atoms with Crippen LogP contribution in [0.1, 0.15) is 47.9 Å². The first-order chi connectivity index (χ1) is 14.4. The summed E-state index contributed by atoms with van der Waals surface area (Å²) in [4.78, 5) is 19.8. The van der Waals surface area contributed by atoms with Gasteiger partial charge in [-0.2, -0.15) is 0 Å². The molecule has 1 aliphatic rings. The van der Waals surface area contributed by atoms with Gasteiger partial charge in [0, 0.05) is 22.7 Å². The molecule has 4 nitrogen and oxygen atoms in total. The van der Waals surface area contributed by atoms with Crippen molar-refractivity contribution in [2.45, 2.75) is 59.0 Å². The Bertz CT molecular complexity index is 1090. The molecule has 0 unspecified atom stereocenters. The molecule has 0 aliphatic heterocycles. The number of carbonyl (C=O) groups is 1. The van der Waals surface area contributed by atoms with Crippen LogP contribution in [0.15, 0.2) is 42.5 Å². The smallest absolute Gasteiger partial charge is 0.317 e. The lowest BCUT2D eigenvalue weighted by Gasteiger charge is -2.29. The van der Waals surface area contributed by atoms with Gasteiger partial charge < -0.3 is 10.2 Å². The van der Waals surface area contributed by atoms with Gasteiger partial charge in [-0.15, -0.1) is 0 Å². The molecule has 2 amide bonds. The summed E-state index contributed by atoms with van der Waals surface area (Å²) in [6, 6.07) is 14.4. The van der Waals surface area contributed by atoms with Crippen molar-refractivity contribution in [3.63, 3.8) is 0 Å². The number of pyridine rings is 1. The molecule has 3 aromatic rings. The SMILES string of the molecule is Cc1cccc(NC(=O)N(Cc2cc3cc(C)cc(C)c3nc2Cl)C2CCCC2)c1. The van der Waals surface area contributed by atoms with Crippen LogP contribution in [-0.4, -0.2) is 22.0 Å². The minimum atomic E-state index is -0.0795. The molecule has 1 heterocycles. The Morgan fingerprint density at radius 3 is 2.60 bits per heavy atom. The van der Waals surface area contributed by atoms with Crippen molar-refractivity contribution in [2.75, 3.05) is 5.32 Å². The van der Waals surface area contributed by atoms with Gasteiger partial charge in [0.1, 0.15) is 5.15 Å². The van der Waals surface area contributed by atoms with Gasteiger partial charge >= 0.3 is 6.03 Å². The molecule has 0 radical (unpaired) electrons. The lowest BCUT2D eigenvalue weighted by molar-refractivity contribution is 0.184. The maximum atomic E-state index is 13.2. The Balaban J connectivity index is 1.65. The normalized spacial score (nSPS) is 14.3. The van der Waals surface area contributed by atoms with E-state index < -0.39 is 0 Å². The lowest BCUT2D eigenvalue weighted by Crippen LogP contribution is -2.41. The molecule has 1 saturated carbocycles. The van der Waals surface area contributed by atoms with Gasteiger partial charge in [0.25, 0.3) is 0 Å². The molecule has 156 valence electrons. The highest BCUT2D eigenvalue weighted by Crippen LogP contribution is 2.29. The van der Waals surface area contributed by atoms with E-state index in [0.29, 0.717) is 11.7 Å². The maximum absolute atomic E-state index is 13.2. The number of amides is 2. The fourth-order valence-electron chi connectivity index (χ4n) is 4.47. The number of benzene rings is 2. The van der Waals surface area contributed by atoms with Crippen LogP contribution in [0.5, 0.6) is 0 Å². The Kier molecular flexibility index (Phi) is 5.96. The van der Waals surface area contributed by atoms with Crippen molar-refractivity contribution in [1.29, 1.82) is 0 Å². The molecule has 30 heavy (non-hydrogen) atoms. The number of halogens is 1. The van der Waals surface area contributed by atoms with E-state index in [1.807, 2.05) is 36.1 Å². The third-order valence-corrected chi connectivity index (χ3v) is 6.24. The number of hydrogen-bond donors (Lipinski definition) is 1. The number of hydrogen-bond acceptors (Lipinski definition) is 2. The minimum Gasteiger partial charge on any atom is -0.317 e. The number of fused-ring (bicyclic) bond motifs is 1. The molecular weight excluding hydrogens is 394 g/mol. The van der Waals surface area contributed by atoms with Crippen LogP contribution < -0.4 is 5.32 Å². The van der Waals surface area contributed by atoms with Crippen LogP contribution in [-0.2, 0) is 6.54 Å².